The van der Waals surface area contributed by atoms with Crippen LogP contribution in [0.15, 0.2) is 42.5 Å². The molecule has 2 aromatic rings. The van der Waals surface area contributed by atoms with Crippen molar-refractivity contribution in [3.8, 4) is 0 Å². The van der Waals surface area contributed by atoms with Gasteiger partial charge in [0, 0.05) is 25.7 Å². The summed E-state index contributed by atoms with van der Waals surface area (Å²) in [6, 6.07) is 13.9. The number of nitrogens with zero attached hydrogens (tertiary/aromatic N) is 1. The van der Waals surface area contributed by atoms with E-state index >= 15 is 0 Å². The Labute approximate surface area is 125 Å². The van der Waals surface area contributed by atoms with Gasteiger partial charge in [-0.15, -0.1) is 0 Å². The van der Waals surface area contributed by atoms with Gasteiger partial charge in [0.15, 0.2) is 0 Å². The highest BCUT2D eigenvalue weighted by Crippen LogP contribution is 2.25. The van der Waals surface area contributed by atoms with Crippen LogP contribution in [0, 0.1) is 12.7 Å². The van der Waals surface area contributed by atoms with Crippen molar-refractivity contribution >= 4 is 0 Å². The normalized spacial score (nSPS) is 18.5. The molecule has 3 heteroatoms. The van der Waals surface area contributed by atoms with E-state index in [2.05, 4.69) is 29.2 Å². The molecular weight excluding hydrogens is 263 g/mol. The molecule has 0 aliphatic carbocycles. The summed E-state index contributed by atoms with van der Waals surface area (Å²) in [4.78, 5) is 2.41. The lowest BCUT2D eigenvalue weighted by atomic mass is 9.93. The van der Waals surface area contributed by atoms with Crippen LogP contribution in [0.4, 0.5) is 4.39 Å². The number of nitrogens with two attached hydrogens (primary N) is 1. The van der Waals surface area contributed by atoms with Crippen molar-refractivity contribution in [1.29, 1.82) is 0 Å². The summed E-state index contributed by atoms with van der Waals surface area (Å²) in [5.41, 5.74) is 10.9. The minimum Gasteiger partial charge on any atom is -0.329 e. The molecule has 1 aliphatic rings. The van der Waals surface area contributed by atoms with Crippen LogP contribution in [0.2, 0.25) is 0 Å². The first-order chi connectivity index (χ1) is 10.2. The minimum absolute atomic E-state index is 0.171. The van der Waals surface area contributed by atoms with E-state index in [1.165, 1.54) is 22.8 Å². The molecule has 0 amide bonds. The Hall–Kier alpha value is -1.71. The van der Waals surface area contributed by atoms with Crippen molar-refractivity contribution in [3.63, 3.8) is 0 Å². The minimum atomic E-state index is -0.171. The van der Waals surface area contributed by atoms with Gasteiger partial charge >= 0.3 is 0 Å². The second kappa shape index (κ2) is 5.96. The van der Waals surface area contributed by atoms with Crippen molar-refractivity contribution in [3.05, 3.63) is 70.5 Å². The molecule has 0 saturated heterocycles. The molecule has 0 saturated carbocycles. The summed E-state index contributed by atoms with van der Waals surface area (Å²) in [6.07, 6.45) is 0.993. The van der Waals surface area contributed by atoms with Crippen LogP contribution in [0.25, 0.3) is 0 Å². The van der Waals surface area contributed by atoms with E-state index < -0.39 is 0 Å². The van der Waals surface area contributed by atoms with E-state index in [-0.39, 0.29) is 5.82 Å². The van der Waals surface area contributed by atoms with E-state index in [0.717, 1.165) is 25.1 Å². The molecule has 1 unspecified atom stereocenters. The number of aryl methyl sites for hydroxylation is 1. The Bertz CT molecular complexity index is 639. The molecule has 21 heavy (non-hydrogen) atoms. The average Bonchev–Trinajstić information content (AvgIpc) is 2.49. The third kappa shape index (κ3) is 2.99. The van der Waals surface area contributed by atoms with E-state index in [0.29, 0.717) is 12.6 Å². The maximum atomic E-state index is 13.2. The molecule has 1 aliphatic heterocycles. The van der Waals surface area contributed by atoms with Gasteiger partial charge in [-0.1, -0.05) is 30.3 Å². The van der Waals surface area contributed by atoms with Crippen LogP contribution in [-0.2, 0) is 19.5 Å². The Morgan fingerprint density at radius 1 is 1.19 bits per heavy atom. The van der Waals surface area contributed by atoms with E-state index in [1.807, 2.05) is 13.0 Å². The highest BCUT2D eigenvalue weighted by Gasteiger charge is 2.25. The van der Waals surface area contributed by atoms with Gasteiger partial charge in [-0.25, -0.2) is 4.39 Å². The Kier molecular flexibility index (Phi) is 4.04. The van der Waals surface area contributed by atoms with Crippen molar-refractivity contribution < 1.29 is 4.39 Å². The molecule has 1 heterocycles. The summed E-state index contributed by atoms with van der Waals surface area (Å²) in [5, 5.41) is 0. The molecule has 0 fully saturated rings. The maximum absolute atomic E-state index is 13.2. The number of hydrogen-bond acceptors (Lipinski definition) is 2. The largest absolute Gasteiger partial charge is 0.329 e. The van der Waals surface area contributed by atoms with Gasteiger partial charge in [0.25, 0.3) is 0 Å². The van der Waals surface area contributed by atoms with Crippen LogP contribution < -0.4 is 5.73 Å². The van der Waals surface area contributed by atoms with Crippen molar-refractivity contribution in [1.82, 2.24) is 4.90 Å². The maximum Gasteiger partial charge on any atom is 0.123 e. The van der Waals surface area contributed by atoms with Gasteiger partial charge in [-0.3, -0.25) is 4.90 Å². The molecule has 2 N–H and O–H groups in total. The third-order valence-electron chi connectivity index (χ3n) is 4.41. The molecule has 110 valence electrons. The monoisotopic (exact) mass is 284 g/mol. The molecule has 3 rings (SSSR count). The quantitative estimate of drug-likeness (QED) is 0.938. The molecule has 2 aromatic carbocycles. The van der Waals surface area contributed by atoms with Crippen LogP contribution in [-0.4, -0.2) is 17.5 Å². The van der Waals surface area contributed by atoms with E-state index in [1.54, 1.807) is 6.07 Å². The van der Waals surface area contributed by atoms with Gasteiger partial charge in [-0.2, -0.15) is 0 Å². The summed E-state index contributed by atoms with van der Waals surface area (Å²) in [7, 11) is 0. The summed E-state index contributed by atoms with van der Waals surface area (Å²) < 4.78 is 13.2. The molecule has 1 atom stereocenters. The lowest BCUT2D eigenvalue weighted by Crippen LogP contribution is -2.44. The fourth-order valence-corrected chi connectivity index (χ4v) is 3.11. The number of fused-ring (bicyclic) bond motifs is 1. The van der Waals surface area contributed by atoms with Gasteiger partial charge in [0.05, 0.1) is 0 Å². The topological polar surface area (TPSA) is 29.3 Å². The molecule has 2 nitrogen and oxygen atoms in total. The third-order valence-corrected chi connectivity index (χ3v) is 4.41. The van der Waals surface area contributed by atoms with Crippen molar-refractivity contribution in [2.75, 3.05) is 6.54 Å². The van der Waals surface area contributed by atoms with Crippen molar-refractivity contribution in [2.24, 2.45) is 5.73 Å². The van der Waals surface area contributed by atoms with Crippen LogP contribution in [0.3, 0.4) is 0 Å². The first kappa shape index (κ1) is 14.2. The predicted molar refractivity (Wildman–Crippen MR) is 83.4 cm³/mol. The Balaban J connectivity index is 1.84. The van der Waals surface area contributed by atoms with Gasteiger partial charge in [-0.05, 0) is 47.7 Å². The van der Waals surface area contributed by atoms with Crippen LogP contribution in [0.1, 0.15) is 22.3 Å². The molecular formula is C18H21FN2. The summed E-state index contributed by atoms with van der Waals surface area (Å²) >= 11 is 0. The number of hydrogen-bond donors (Lipinski definition) is 1. The zero-order valence-corrected chi connectivity index (χ0v) is 12.3. The molecule has 0 spiro atoms. The SMILES string of the molecule is Cc1cc(F)ccc1CN1Cc2ccccc2CC1CN. The number of benzene rings is 2. The fraction of sp³-hybridized carbons (Fsp3) is 0.333. The highest BCUT2D eigenvalue weighted by molar-refractivity contribution is 5.31. The lowest BCUT2D eigenvalue weighted by molar-refractivity contribution is 0.166. The summed E-state index contributed by atoms with van der Waals surface area (Å²) in [6.45, 7) is 4.35. The smallest absolute Gasteiger partial charge is 0.123 e. The van der Waals surface area contributed by atoms with Gasteiger partial charge < -0.3 is 5.73 Å². The molecule has 0 bridgehead atoms. The highest BCUT2D eigenvalue weighted by atomic mass is 19.1. The first-order valence-electron chi connectivity index (χ1n) is 7.43. The van der Waals surface area contributed by atoms with Crippen LogP contribution >= 0.6 is 0 Å². The van der Waals surface area contributed by atoms with Crippen molar-refractivity contribution in [2.45, 2.75) is 32.5 Å². The number of rotatable bonds is 3. The fourth-order valence-electron chi connectivity index (χ4n) is 3.11. The zero-order valence-electron chi connectivity index (χ0n) is 12.3. The van der Waals surface area contributed by atoms with E-state index in [9.17, 15) is 4.39 Å². The first-order valence-corrected chi connectivity index (χ1v) is 7.43. The average molecular weight is 284 g/mol. The summed E-state index contributed by atoms with van der Waals surface area (Å²) in [5.74, 6) is -0.171. The predicted octanol–water partition coefficient (Wildman–Crippen LogP) is 3.02. The molecule has 0 aromatic heterocycles. The second-order valence-electron chi connectivity index (χ2n) is 5.84. The van der Waals surface area contributed by atoms with Crippen LogP contribution in [0.5, 0.6) is 0 Å². The van der Waals surface area contributed by atoms with E-state index in [4.69, 9.17) is 5.73 Å². The lowest BCUT2D eigenvalue weighted by Gasteiger charge is -2.36. The van der Waals surface area contributed by atoms with Gasteiger partial charge in [0.1, 0.15) is 5.82 Å². The Morgan fingerprint density at radius 3 is 2.67 bits per heavy atom. The van der Waals surface area contributed by atoms with Gasteiger partial charge in [0.2, 0.25) is 0 Å². The zero-order chi connectivity index (χ0) is 14.8. The number of halogens is 1. The molecule has 0 radical (unpaired) electrons. The Morgan fingerprint density at radius 2 is 1.95 bits per heavy atom. The second-order valence-corrected chi connectivity index (χ2v) is 5.84. The standard InChI is InChI=1S/C18H21FN2/c1-13-8-17(19)7-6-15(13)11-21-12-16-5-3-2-4-14(16)9-18(21)10-20/h2-8,18H,9-12,20H2,1H3.